The van der Waals surface area contributed by atoms with Crippen LogP contribution in [0.4, 0.5) is 0 Å². The summed E-state index contributed by atoms with van der Waals surface area (Å²) in [7, 11) is 0. The molecule has 8 nitrogen and oxygen atoms in total. The van der Waals surface area contributed by atoms with Gasteiger partial charge in [0, 0.05) is 31.1 Å². The van der Waals surface area contributed by atoms with E-state index in [0.717, 1.165) is 12.8 Å². The van der Waals surface area contributed by atoms with E-state index in [1.165, 1.54) is 12.5 Å². The van der Waals surface area contributed by atoms with Gasteiger partial charge in [0.05, 0.1) is 35.6 Å². The Bertz CT molecular complexity index is 959. The summed E-state index contributed by atoms with van der Waals surface area (Å²) in [5.41, 5.74) is 1.06. The molecule has 8 heteroatoms. The number of fused-ring (bicyclic) bond motifs is 1. The fourth-order valence-electron chi connectivity index (χ4n) is 5.08. The maximum Gasteiger partial charge on any atom is 0.270 e. The average Bonchev–Trinajstić information content (AvgIpc) is 3.50. The predicted octanol–water partition coefficient (Wildman–Crippen LogP) is 1.53. The average molecular weight is 380 g/mol. The molecule has 4 atom stereocenters. The van der Waals surface area contributed by atoms with Gasteiger partial charge in [-0.15, -0.1) is 0 Å². The molecule has 1 spiro atoms. The van der Waals surface area contributed by atoms with Crippen LogP contribution < -0.4 is 5.32 Å². The molecule has 3 saturated heterocycles. The maximum absolute atomic E-state index is 12.9. The van der Waals surface area contributed by atoms with Gasteiger partial charge in [0.2, 0.25) is 0 Å². The minimum absolute atomic E-state index is 0.112. The maximum atomic E-state index is 12.9. The molecule has 2 N–H and O–H groups in total. The van der Waals surface area contributed by atoms with Crippen molar-refractivity contribution in [3.05, 3.63) is 47.7 Å². The fourth-order valence-corrected chi connectivity index (χ4v) is 5.08. The highest BCUT2D eigenvalue weighted by molar-refractivity contribution is 5.94. The summed E-state index contributed by atoms with van der Waals surface area (Å²) in [5, 5.41) is 11.9. The van der Waals surface area contributed by atoms with Crippen LogP contribution in [0.15, 0.2) is 35.3 Å². The number of furan rings is 1. The Morgan fingerprint density at radius 2 is 2.36 bits per heavy atom. The van der Waals surface area contributed by atoms with Gasteiger partial charge in [0.15, 0.2) is 0 Å². The second kappa shape index (κ2) is 6.24. The zero-order valence-corrected chi connectivity index (χ0v) is 15.2. The van der Waals surface area contributed by atoms with Crippen LogP contribution in [0.25, 0.3) is 0 Å². The van der Waals surface area contributed by atoms with Crippen LogP contribution in [-0.2, 0) is 4.74 Å². The van der Waals surface area contributed by atoms with Crippen molar-refractivity contribution in [3.63, 3.8) is 0 Å². The number of carbonyl (C=O) groups excluding carboxylic acids is 2. The van der Waals surface area contributed by atoms with Gasteiger partial charge in [-0.25, -0.2) is 0 Å². The van der Waals surface area contributed by atoms with Crippen molar-refractivity contribution in [2.45, 2.75) is 24.5 Å². The van der Waals surface area contributed by atoms with Gasteiger partial charge in [-0.2, -0.15) is 5.26 Å². The molecule has 3 fully saturated rings. The first kappa shape index (κ1) is 17.1. The zero-order chi connectivity index (χ0) is 19.3. The number of nitriles is 1. The third-order valence-corrected chi connectivity index (χ3v) is 6.40. The van der Waals surface area contributed by atoms with Gasteiger partial charge in [0.1, 0.15) is 18.0 Å². The highest BCUT2D eigenvalue weighted by atomic mass is 16.5. The number of aromatic amines is 1. The van der Waals surface area contributed by atoms with Gasteiger partial charge < -0.3 is 24.4 Å². The molecule has 144 valence electrons. The van der Waals surface area contributed by atoms with E-state index in [1.807, 2.05) is 11.0 Å². The summed E-state index contributed by atoms with van der Waals surface area (Å²) < 4.78 is 11.3. The Kier molecular flexibility index (Phi) is 3.81. The first-order valence-corrected chi connectivity index (χ1v) is 9.46. The molecule has 28 heavy (non-hydrogen) atoms. The highest BCUT2D eigenvalue weighted by Crippen LogP contribution is 2.54. The number of nitrogens with zero attached hydrogens (tertiary/aromatic N) is 2. The summed E-state index contributed by atoms with van der Waals surface area (Å²) in [4.78, 5) is 29.8. The van der Waals surface area contributed by atoms with Crippen LogP contribution in [-0.4, -0.2) is 53.0 Å². The number of aromatic nitrogens is 1. The van der Waals surface area contributed by atoms with E-state index >= 15 is 0 Å². The Balaban J connectivity index is 1.29. The van der Waals surface area contributed by atoms with E-state index in [9.17, 15) is 9.59 Å². The molecule has 2 aromatic heterocycles. The molecule has 2 aromatic rings. The number of H-pyrrole nitrogens is 1. The molecule has 2 amide bonds. The number of ether oxygens (including phenoxy) is 1. The van der Waals surface area contributed by atoms with Crippen LogP contribution in [0.1, 0.15) is 39.3 Å². The third kappa shape index (κ3) is 2.54. The Morgan fingerprint density at radius 1 is 1.46 bits per heavy atom. The molecule has 5 heterocycles. The summed E-state index contributed by atoms with van der Waals surface area (Å²) >= 11 is 0. The quantitative estimate of drug-likeness (QED) is 0.836. The van der Waals surface area contributed by atoms with Gasteiger partial charge in [-0.3, -0.25) is 9.59 Å². The summed E-state index contributed by atoms with van der Waals surface area (Å²) in [6.45, 7) is 1.67. The largest absolute Gasteiger partial charge is 0.472 e. The second-order valence-electron chi connectivity index (χ2n) is 7.85. The summed E-state index contributed by atoms with van der Waals surface area (Å²) in [5.74, 6) is 0.108. The Morgan fingerprint density at radius 3 is 3.11 bits per heavy atom. The molecule has 3 aliphatic heterocycles. The van der Waals surface area contributed by atoms with Crippen molar-refractivity contribution in [1.82, 2.24) is 15.2 Å². The molecule has 0 saturated carbocycles. The minimum Gasteiger partial charge on any atom is -0.472 e. The molecule has 0 aliphatic carbocycles. The van der Waals surface area contributed by atoms with Gasteiger partial charge in [-0.05, 0) is 25.0 Å². The van der Waals surface area contributed by atoms with Gasteiger partial charge >= 0.3 is 0 Å². The normalized spacial score (nSPS) is 30.2. The number of amides is 2. The van der Waals surface area contributed by atoms with Crippen LogP contribution in [0, 0.1) is 23.2 Å². The van der Waals surface area contributed by atoms with E-state index in [4.69, 9.17) is 14.4 Å². The van der Waals surface area contributed by atoms with Gasteiger partial charge in [0.25, 0.3) is 11.8 Å². The molecule has 5 rings (SSSR count). The molecule has 2 bridgehead atoms. The van der Waals surface area contributed by atoms with Crippen LogP contribution >= 0.6 is 0 Å². The lowest BCUT2D eigenvalue weighted by atomic mass is 9.73. The lowest BCUT2D eigenvalue weighted by Gasteiger charge is -2.29. The van der Waals surface area contributed by atoms with Crippen molar-refractivity contribution < 1.29 is 18.7 Å². The van der Waals surface area contributed by atoms with E-state index in [1.54, 1.807) is 18.3 Å². The van der Waals surface area contributed by atoms with E-state index < -0.39 is 0 Å². The molecule has 0 unspecified atom stereocenters. The third-order valence-electron chi connectivity index (χ3n) is 6.40. The molecule has 0 aromatic carbocycles. The van der Waals surface area contributed by atoms with Crippen LogP contribution in [0.2, 0.25) is 0 Å². The van der Waals surface area contributed by atoms with E-state index in [2.05, 4.69) is 10.3 Å². The SMILES string of the molecule is N#Cc1c[nH]c(C(=O)N2C[C@@H]3[C@H](CNC(=O)c4ccoc4)[C@H]4CC[C@]3(C2)O4)c1. The number of rotatable bonds is 4. The smallest absolute Gasteiger partial charge is 0.270 e. The summed E-state index contributed by atoms with van der Waals surface area (Å²) in [6, 6.07) is 5.24. The number of hydrogen-bond acceptors (Lipinski definition) is 5. The predicted molar refractivity (Wildman–Crippen MR) is 96.3 cm³/mol. The lowest BCUT2D eigenvalue weighted by Crippen LogP contribution is -2.41. The van der Waals surface area contributed by atoms with Crippen molar-refractivity contribution in [3.8, 4) is 6.07 Å². The Hall–Kier alpha value is -3.05. The standard InChI is InChI=1S/C20H20N4O4/c21-6-12-5-16(22-7-12)19(26)24-9-15-14(17-1-3-20(15,11-24)28-17)8-23-18(25)13-2-4-27-10-13/h2,4-5,7,10,14-15,17,22H,1,3,8-9,11H2,(H,23,25)/t14-,15+,17+,20+/m0/s1. The van der Waals surface area contributed by atoms with Crippen molar-refractivity contribution in [2.24, 2.45) is 11.8 Å². The van der Waals surface area contributed by atoms with Gasteiger partial charge in [-0.1, -0.05) is 0 Å². The van der Waals surface area contributed by atoms with Crippen molar-refractivity contribution in [1.29, 1.82) is 5.26 Å². The van der Waals surface area contributed by atoms with Crippen molar-refractivity contribution in [2.75, 3.05) is 19.6 Å². The first-order valence-electron chi connectivity index (χ1n) is 9.46. The topological polar surface area (TPSA) is 111 Å². The number of likely N-dealkylation sites (tertiary alicyclic amines) is 1. The fraction of sp³-hybridized carbons (Fsp3) is 0.450. The van der Waals surface area contributed by atoms with Crippen LogP contribution in [0.3, 0.4) is 0 Å². The highest BCUT2D eigenvalue weighted by Gasteiger charge is 2.63. The van der Waals surface area contributed by atoms with E-state index in [0.29, 0.717) is 36.5 Å². The molecular formula is C20H20N4O4. The Labute approximate surface area is 161 Å². The molecular weight excluding hydrogens is 360 g/mol. The number of carbonyl (C=O) groups is 2. The number of hydrogen-bond donors (Lipinski definition) is 2. The molecule has 3 aliphatic rings. The first-order chi connectivity index (χ1) is 13.6. The minimum atomic E-state index is -0.310. The van der Waals surface area contributed by atoms with E-state index in [-0.39, 0.29) is 35.4 Å². The zero-order valence-electron chi connectivity index (χ0n) is 15.2. The van der Waals surface area contributed by atoms with Crippen molar-refractivity contribution >= 4 is 11.8 Å². The second-order valence-corrected chi connectivity index (χ2v) is 7.85. The van der Waals surface area contributed by atoms with Crippen LogP contribution in [0.5, 0.6) is 0 Å². The summed E-state index contributed by atoms with van der Waals surface area (Å²) in [6.07, 6.45) is 6.46. The monoisotopic (exact) mass is 380 g/mol. The lowest BCUT2D eigenvalue weighted by molar-refractivity contribution is 0.00312. The molecule has 0 radical (unpaired) electrons. The number of nitrogens with one attached hydrogen (secondary N) is 2.